The average molecular weight is 341 g/mol. The lowest BCUT2D eigenvalue weighted by atomic mass is 10.1. The fourth-order valence-corrected chi connectivity index (χ4v) is 2.79. The number of morpholine rings is 1. The maximum absolute atomic E-state index is 12.8. The Morgan fingerprint density at radius 3 is 2.96 bits per heavy atom. The molecule has 1 fully saturated rings. The Balaban J connectivity index is 1.77. The number of nitrogens with zero attached hydrogens (tertiary/aromatic N) is 4. The molecule has 1 unspecified atom stereocenters. The lowest BCUT2D eigenvalue weighted by Gasteiger charge is -2.34. The Labute approximate surface area is 147 Å². The van der Waals surface area contributed by atoms with Crippen molar-refractivity contribution in [3.05, 3.63) is 48.2 Å². The second kappa shape index (κ2) is 8.02. The number of amides is 1. The number of ether oxygens (including phenoxy) is 1. The van der Waals surface area contributed by atoms with Crippen LogP contribution in [0, 0.1) is 0 Å². The van der Waals surface area contributed by atoms with Gasteiger partial charge in [0, 0.05) is 30.7 Å². The highest BCUT2D eigenvalue weighted by Gasteiger charge is 2.31. The van der Waals surface area contributed by atoms with Gasteiger partial charge in [0.05, 0.1) is 19.6 Å². The zero-order valence-corrected chi connectivity index (χ0v) is 14.6. The normalized spacial score (nSPS) is 17.6. The molecule has 1 N–H and O–H groups in total. The number of rotatable bonds is 5. The molecule has 0 bridgehead atoms. The van der Waals surface area contributed by atoms with E-state index >= 15 is 0 Å². The molecule has 7 nitrogen and oxygen atoms in total. The Bertz CT molecular complexity index is 708. The summed E-state index contributed by atoms with van der Waals surface area (Å²) in [7, 11) is 0. The molecule has 7 heteroatoms. The van der Waals surface area contributed by atoms with E-state index in [1.807, 2.05) is 38.1 Å². The first-order valence-electron chi connectivity index (χ1n) is 8.50. The van der Waals surface area contributed by atoms with Gasteiger partial charge in [-0.15, -0.1) is 0 Å². The molecule has 1 aliphatic heterocycles. The van der Waals surface area contributed by atoms with Crippen LogP contribution in [0.15, 0.2) is 36.7 Å². The molecule has 0 aliphatic carbocycles. The highest BCUT2D eigenvalue weighted by atomic mass is 16.5. The molecule has 2 aromatic heterocycles. The van der Waals surface area contributed by atoms with Gasteiger partial charge < -0.3 is 15.0 Å². The molecule has 0 radical (unpaired) electrons. The van der Waals surface area contributed by atoms with E-state index < -0.39 is 0 Å². The van der Waals surface area contributed by atoms with Gasteiger partial charge in [-0.05, 0) is 32.0 Å². The lowest BCUT2D eigenvalue weighted by molar-refractivity contribution is -0.139. The smallest absolute Gasteiger partial charge is 0.229 e. The Morgan fingerprint density at radius 1 is 1.32 bits per heavy atom. The molecular formula is C18H23N5O2. The molecule has 0 spiro atoms. The van der Waals surface area contributed by atoms with Gasteiger partial charge in [-0.25, -0.2) is 9.97 Å². The molecule has 1 atom stereocenters. The predicted octanol–water partition coefficient (Wildman–Crippen LogP) is 1.83. The molecule has 3 heterocycles. The molecule has 0 aromatic carbocycles. The molecule has 1 amide bonds. The first-order valence-corrected chi connectivity index (χ1v) is 8.50. The summed E-state index contributed by atoms with van der Waals surface area (Å²) in [5.41, 5.74) is 0.758. The van der Waals surface area contributed by atoms with Gasteiger partial charge in [-0.1, -0.05) is 6.07 Å². The number of hydrogen-bond acceptors (Lipinski definition) is 6. The number of aromatic nitrogens is 3. The summed E-state index contributed by atoms with van der Waals surface area (Å²) in [6.45, 7) is 5.55. The van der Waals surface area contributed by atoms with Crippen molar-refractivity contribution in [1.82, 2.24) is 19.9 Å². The van der Waals surface area contributed by atoms with Gasteiger partial charge >= 0.3 is 0 Å². The third kappa shape index (κ3) is 4.51. The maximum atomic E-state index is 12.8. The van der Waals surface area contributed by atoms with E-state index in [-0.39, 0.29) is 24.4 Å². The zero-order chi connectivity index (χ0) is 17.6. The summed E-state index contributed by atoms with van der Waals surface area (Å²) in [6, 6.07) is 7.40. The van der Waals surface area contributed by atoms with Crippen LogP contribution in [0.4, 0.5) is 5.82 Å². The van der Waals surface area contributed by atoms with Crippen molar-refractivity contribution in [3.8, 4) is 0 Å². The first kappa shape index (κ1) is 17.3. The van der Waals surface area contributed by atoms with Gasteiger partial charge in [-0.3, -0.25) is 9.78 Å². The monoisotopic (exact) mass is 341 g/mol. The summed E-state index contributed by atoms with van der Waals surface area (Å²) in [4.78, 5) is 27.7. The fraction of sp³-hybridized carbons (Fsp3) is 0.444. The molecule has 2 aromatic rings. The highest BCUT2D eigenvalue weighted by molar-refractivity contribution is 5.78. The molecular weight excluding hydrogens is 318 g/mol. The van der Waals surface area contributed by atoms with E-state index in [4.69, 9.17) is 4.74 Å². The average Bonchev–Trinajstić information content (AvgIpc) is 2.62. The van der Waals surface area contributed by atoms with E-state index in [1.54, 1.807) is 17.3 Å². The number of anilines is 1. The first-order chi connectivity index (χ1) is 12.1. The molecule has 1 saturated heterocycles. The van der Waals surface area contributed by atoms with Crippen molar-refractivity contribution in [3.63, 3.8) is 0 Å². The van der Waals surface area contributed by atoms with Crippen molar-refractivity contribution in [2.24, 2.45) is 0 Å². The van der Waals surface area contributed by atoms with Crippen LogP contribution in [0.25, 0.3) is 0 Å². The van der Waals surface area contributed by atoms with Gasteiger partial charge in [0.25, 0.3) is 0 Å². The van der Waals surface area contributed by atoms with Crippen molar-refractivity contribution >= 4 is 11.7 Å². The van der Waals surface area contributed by atoms with Crippen LogP contribution in [0.1, 0.15) is 31.4 Å². The summed E-state index contributed by atoms with van der Waals surface area (Å²) in [6.07, 6.45) is 3.67. The predicted molar refractivity (Wildman–Crippen MR) is 94.0 cm³/mol. The van der Waals surface area contributed by atoms with Crippen LogP contribution in [-0.4, -0.2) is 51.6 Å². The minimum absolute atomic E-state index is 0.0119. The second-order valence-electron chi connectivity index (χ2n) is 6.27. The van der Waals surface area contributed by atoms with E-state index in [1.165, 1.54) is 0 Å². The molecule has 3 rings (SSSR count). The zero-order valence-electron chi connectivity index (χ0n) is 14.6. The molecule has 0 saturated carbocycles. The standard InChI is InChI=1S/C18H23N5O2/c1-13(2)21-16-6-8-20-18(22-16)15-12-25-10-9-23(15)17(24)11-14-5-3-4-7-19-14/h3-8,13,15H,9-12H2,1-2H3,(H,20,21,22). The van der Waals surface area contributed by atoms with Crippen molar-refractivity contribution in [2.45, 2.75) is 32.4 Å². The molecule has 25 heavy (non-hydrogen) atoms. The third-order valence-electron chi connectivity index (χ3n) is 3.92. The minimum Gasteiger partial charge on any atom is -0.377 e. The van der Waals surface area contributed by atoms with Crippen LogP contribution < -0.4 is 5.32 Å². The number of pyridine rings is 1. The van der Waals surface area contributed by atoms with E-state index in [0.717, 1.165) is 11.5 Å². The quantitative estimate of drug-likeness (QED) is 0.894. The van der Waals surface area contributed by atoms with Crippen molar-refractivity contribution in [2.75, 3.05) is 25.1 Å². The minimum atomic E-state index is -0.279. The van der Waals surface area contributed by atoms with Gasteiger partial charge in [0.2, 0.25) is 5.91 Å². The Hall–Kier alpha value is -2.54. The lowest BCUT2D eigenvalue weighted by Crippen LogP contribution is -2.44. The number of hydrogen-bond donors (Lipinski definition) is 1. The molecule has 1 aliphatic rings. The summed E-state index contributed by atoms with van der Waals surface area (Å²) in [5, 5.41) is 3.26. The van der Waals surface area contributed by atoms with E-state index in [9.17, 15) is 4.79 Å². The van der Waals surface area contributed by atoms with Gasteiger partial charge in [-0.2, -0.15) is 0 Å². The van der Waals surface area contributed by atoms with Crippen LogP contribution in [0.2, 0.25) is 0 Å². The van der Waals surface area contributed by atoms with Crippen LogP contribution in [-0.2, 0) is 16.0 Å². The summed E-state index contributed by atoms with van der Waals surface area (Å²) < 4.78 is 5.58. The van der Waals surface area contributed by atoms with Crippen molar-refractivity contribution in [1.29, 1.82) is 0 Å². The number of nitrogens with one attached hydrogen (secondary N) is 1. The van der Waals surface area contributed by atoms with Gasteiger partial charge in [0.15, 0.2) is 5.82 Å². The van der Waals surface area contributed by atoms with Gasteiger partial charge in [0.1, 0.15) is 11.9 Å². The summed E-state index contributed by atoms with van der Waals surface area (Å²) in [5.74, 6) is 1.36. The van der Waals surface area contributed by atoms with E-state index in [2.05, 4.69) is 20.3 Å². The van der Waals surface area contributed by atoms with Crippen LogP contribution in [0.3, 0.4) is 0 Å². The topological polar surface area (TPSA) is 80.2 Å². The van der Waals surface area contributed by atoms with Crippen molar-refractivity contribution < 1.29 is 9.53 Å². The number of carbonyl (C=O) groups is 1. The van der Waals surface area contributed by atoms with Crippen LogP contribution >= 0.6 is 0 Å². The largest absolute Gasteiger partial charge is 0.377 e. The SMILES string of the molecule is CC(C)Nc1ccnc(C2COCCN2C(=O)Cc2ccccn2)n1. The summed E-state index contributed by atoms with van der Waals surface area (Å²) >= 11 is 0. The fourth-order valence-electron chi connectivity index (χ4n) is 2.79. The Morgan fingerprint density at radius 2 is 2.20 bits per heavy atom. The third-order valence-corrected chi connectivity index (χ3v) is 3.92. The molecule has 132 valence electrons. The van der Waals surface area contributed by atoms with Crippen LogP contribution in [0.5, 0.6) is 0 Å². The van der Waals surface area contributed by atoms with E-state index in [0.29, 0.717) is 25.6 Å². The second-order valence-corrected chi connectivity index (χ2v) is 6.27. The number of carbonyl (C=O) groups excluding carboxylic acids is 1. The highest BCUT2D eigenvalue weighted by Crippen LogP contribution is 2.23. The maximum Gasteiger partial charge on any atom is 0.229 e. The Kier molecular flexibility index (Phi) is 5.55.